The number of methoxy groups -OCH3 is 1. The molecule has 1 aromatic heterocycles. The maximum absolute atomic E-state index is 13.8. The predicted molar refractivity (Wildman–Crippen MR) is 129 cm³/mol. The van der Waals surface area contributed by atoms with Crippen LogP contribution in [0.3, 0.4) is 0 Å². The van der Waals surface area contributed by atoms with E-state index < -0.39 is 22.6 Å². The summed E-state index contributed by atoms with van der Waals surface area (Å²) in [6.45, 7) is 0.236. The molecule has 34 heavy (non-hydrogen) atoms. The summed E-state index contributed by atoms with van der Waals surface area (Å²) in [5.74, 6) is -1.10. The van der Waals surface area contributed by atoms with Crippen LogP contribution < -0.4 is 14.4 Å². The Morgan fingerprint density at radius 3 is 2.76 bits per heavy atom. The fourth-order valence-electron chi connectivity index (χ4n) is 3.41. The first-order chi connectivity index (χ1) is 16.3. The van der Waals surface area contributed by atoms with Crippen molar-refractivity contribution >= 4 is 46.0 Å². The van der Waals surface area contributed by atoms with Gasteiger partial charge in [-0.15, -0.1) is 0 Å². The van der Waals surface area contributed by atoms with Crippen LogP contribution in [0.4, 0.5) is 10.1 Å². The molecule has 0 spiro atoms. The summed E-state index contributed by atoms with van der Waals surface area (Å²) < 4.78 is 33.3. The number of pyridine rings is 1. The molecular weight excluding hydrogens is 481 g/mol. The molecule has 10 heteroatoms. The number of allylic oxidation sites excluding steroid dienone is 1. The smallest absolute Gasteiger partial charge is 0.251 e. The van der Waals surface area contributed by atoms with Crippen LogP contribution in [0, 0.1) is 5.82 Å². The molecule has 1 aliphatic rings. The number of hydrogen-bond donors (Lipinski definition) is 1. The van der Waals surface area contributed by atoms with Crippen LogP contribution in [-0.2, 0) is 17.5 Å². The minimum Gasteiger partial charge on any atom is -0.481 e. The maximum atomic E-state index is 13.8. The van der Waals surface area contributed by atoms with Crippen LogP contribution in [-0.4, -0.2) is 35.0 Å². The van der Waals surface area contributed by atoms with Crippen molar-refractivity contribution in [3.05, 3.63) is 92.7 Å². The van der Waals surface area contributed by atoms with E-state index >= 15 is 0 Å². The number of hydrogen-bond acceptors (Lipinski definition) is 5. The van der Waals surface area contributed by atoms with Gasteiger partial charge in [-0.2, -0.15) is 0 Å². The number of ether oxygens (including phenoxy) is 1. The predicted octanol–water partition coefficient (Wildman–Crippen LogP) is 4.15. The van der Waals surface area contributed by atoms with Gasteiger partial charge >= 0.3 is 0 Å². The van der Waals surface area contributed by atoms with Crippen molar-refractivity contribution in [3.63, 3.8) is 0 Å². The highest BCUT2D eigenvalue weighted by Crippen LogP contribution is 2.33. The summed E-state index contributed by atoms with van der Waals surface area (Å²) in [6.07, 6.45) is 2.94. The summed E-state index contributed by atoms with van der Waals surface area (Å²) >= 11 is 5.72. The van der Waals surface area contributed by atoms with Crippen LogP contribution in [0.15, 0.2) is 59.6 Å². The van der Waals surface area contributed by atoms with Gasteiger partial charge in [-0.3, -0.25) is 13.9 Å². The molecule has 3 aromatic rings. The Labute approximate surface area is 202 Å². The Balaban J connectivity index is 1.61. The number of fused-ring (bicyclic) bond motifs is 1. The first-order valence-electron chi connectivity index (χ1n) is 10.1. The molecule has 174 valence electrons. The van der Waals surface area contributed by atoms with Crippen molar-refractivity contribution in [1.82, 2.24) is 10.3 Å². The van der Waals surface area contributed by atoms with Crippen LogP contribution in [0.25, 0.3) is 6.08 Å². The van der Waals surface area contributed by atoms with E-state index in [0.29, 0.717) is 17.1 Å². The highest BCUT2D eigenvalue weighted by Gasteiger charge is 2.32. The summed E-state index contributed by atoms with van der Waals surface area (Å²) in [7, 11) is 1.28. The lowest BCUT2D eigenvalue weighted by Gasteiger charge is -2.27. The van der Waals surface area contributed by atoms with Crippen molar-refractivity contribution in [2.24, 2.45) is 0 Å². The molecule has 1 amide bonds. The molecule has 0 aliphatic carbocycles. The third-order valence-electron chi connectivity index (χ3n) is 5.21. The molecule has 1 atom stereocenters. The van der Waals surface area contributed by atoms with Crippen LogP contribution >= 0.6 is 11.6 Å². The van der Waals surface area contributed by atoms with Gasteiger partial charge in [-0.25, -0.2) is 13.6 Å². The number of amides is 1. The Kier molecular flexibility index (Phi) is 6.76. The van der Waals surface area contributed by atoms with Gasteiger partial charge in [0, 0.05) is 37.0 Å². The van der Waals surface area contributed by atoms with Crippen LogP contribution in [0.1, 0.15) is 31.8 Å². The first kappa shape index (κ1) is 23.6. The van der Waals surface area contributed by atoms with Crippen LogP contribution in [0.5, 0.6) is 5.88 Å². The lowest BCUT2D eigenvalue weighted by Crippen LogP contribution is -2.32. The van der Waals surface area contributed by atoms with Crippen molar-refractivity contribution in [1.29, 1.82) is 0 Å². The summed E-state index contributed by atoms with van der Waals surface area (Å²) in [4.78, 5) is 29.9. The van der Waals surface area contributed by atoms with Crippen molar-refractivity contribution in [2.45, 2.75) is 6.54 Å². The maximum Gasteiger partial charge on any atom is 0.251 e. The molecule has 2 heterocycles. The average molecular weight is 500 g/mol. The van der Waals surface area contributed by atoms with Gasteiger partial charge in [-0.1, -0.05) is 17.7 Å². The van der Waals surface area contributed by atoms with Crippen molar-refractivity contribution in [2.75, 3.05) is 18.5 Å². The third-order valence-corrected chi connectivity index (χ3v) is 6.89. The van der Waals surface area contributed by atoms with E-state index in [2.05, 4.69) is 10.3 Å². The number of halogens is 2. The van der Waals surface area contributed by atoms with Gasteiger partial charge in [0.15, 0.2) is 11.0 Å². The first-order valence-corrected chi connectivity index (χ1v) is 11.5. The molecule has 0 fully saturated rings. The number of Topliss-reactive ketones (excluding diaryl/α,β-unsaturated/α-hetero) is 1. The standard InChI is InChI=1S/C24H19ClFN3O4S/c1-29-20-6-4-16(24(31)28-13-15-7-8-27-22(11-15)33-2)12-17(20)23(30)21(34(29)32)10-14-3-5-18(25)19(26)9-14/h3-12H,13H2,1-2H3,(H,28,31)/b21-10-. The lowest BCUT2D eigenvalue weighted by molar-refractivity contribution is 0.0951. The summed E-state index contributed by atoms with van der Waals surface area (Å²) in [6, 6.07) is 12.1. The number of carbonyl (C=O) groups is 2. The second kappa shape index (κ2) is 9.74. The molecule has 0 radical (unpaired) electrons. The molecule has 1 aliphatic heterocycles. The minimum atomic E-state index is -1.80. The fraction of sp³-hybridized carbons (Fsp3) is 0.125. The normalized spacial score (nSPS) is 16.4. The molecule has 7 nitrogen and oxygen atoms in total. The number of rotatable bonds is 5. The topological polar surface area (TPSA) is 88.6 Å². The fourth-order valence-corrected chi connectivity index (χ4v) is 4.66. The van der Waals surface area contributed by atoms with Gasteiger partial charge in [0.25, 0.3) is 5.91 Å². The van der Waals surface area contributed by atoms with E-state index in [9.17, 15) is 18.2 Å². The van der Waals surface area contributed by atoms with E-state index in [1.165, 1.54) is 35.7 Å². The number of nitrogens with one attached hydrogen (secondary N) is 1. The minimum absolute atomic E-state index is 0.0295. The molecule has 4 rings (SSSR count). The Hall–Kier alpha value is -3.56. The van der Waals surface area contributed by atoms with Gasteiger partial charge in [0.1, 0.15) is 10.7 Å². The van der Waals surface area contributed by atoms with E-state index in [1.807, 2.05) is 0 Å². The zero-order valence-electron chi connectivity index (χ0n) is 18.2. The number of ketones is 1. The number of aromatic nitrogens is 1. The van der Waals surface area contributed by atoms with Gasteiger partial charge in [-0.05, 0) is 53.6 Å². The molecule has 2 aromatic carbocycles. The van der Waals surface area contributed by atoms with Crippen molar-refractivity contribution in [3.8, 4) is 5.88 Å². The lowest BCUT2D eigenvalue weighted by atomic mass is 10.0. The summed E-state index contributed by atoms with van der Waals surface area (Å²) in [5, 5.41) is 2.74. The zero-order valence-corrected chi connectivity index (χ0v) is 19.7. The SMILES string of the molecule is COc1cc(CNC(=O)c2ccc3c(c2)C(=O)/C(=C/c2ccc(Cl)c(F)c2)S(=O)N3C)ccn1. The third kappa shape index (κ3) is 4.71. The Morgan fingerprint density at radius 1 is 1.24 bits per heavy atom. The Bertz CT molecular complexity index is 1360. The number of nitrogens with zero attached hydrogens (tertiary/aromatic N) is 2. The molecule has 0 saturated carbocycles. The number of carbonyl (C=O) groups excluding carboxylic acids is 2. The number of benzene rings is 2. The van der Waals surface area contributed by atoms with E-state index in [-0.39, 0.29) is 33.5 Å². The zero-order chi connectivity index (χ0) is 24.4. The largest absolute Gasteiger partial charge is 0.481 e. The summed E-state index contributed by atoms with van der Waals surface area (Å²) in [5.41, 5.74) is 2.06. The Morgan fingerprint density at radius 2 is 2.03 bits per heavy atom. The van der Waals surface area contributed by atoms with E-state index in [1.54, 1.807) is 37.5 Å². The molecule has 1 N–H and O–H groups in total. The second-order valence-corrected chi connectivity index (χ2v) is 9.27. The van der Waals surface area contributed by atoms with Gasteiger partial charge in [0.2, 0.25) is 11.7 Å². The monoisotopic (exact) mass is 499 g/mol. The second-order valence-electron chi connectivity index (χ2n) is 7.38. The van der Waals surface area contributed by atoms with E-state index in [0.717, 1.165) is 11.6 Å². The highest BCUT2D eigenvalue weighted by atomic mass is 35.5. The molecule has 0 bridgehead atoms. The molecule has 1 unspecified atom stereocenters. The average Bonchev–Trinajstić information content (AvgIpc) is 2.85. The van der Waals surface area contributed by atoms with Crippen LogP contribution in [0.2, 0.25) is 5.02 Å². The van der Waals surface area contributed by atoms with E-state index in [4.69, 9.17) is 16.3 Å². The molecule has 0 saturated heterocycles. The van der Waals surface area contributed by atoms with Gasteiger partial charge < -0.3 is 10.1 Å². The number of anilines is 1. The van der Waals surface area contributed by atoms with Crippen molar-refractivity contribution < 1.29 is 22.9 Å². The van der Waals surface area contributed by atoms with Gasteiger partial charge in [0.05, 0.1) is 17.8 Å². The molecular formula is C24H19ClFN3O4S. The quantitative estimate of drug-likeness (QED) is 0.533. The highest BCUT2D eigenvalue weighted by molar-refractivity contribution is 7.91.